The number of halogens is 1. The molecule has 0 atom stereocenters. The van der Waals surface area contributed by atoms with Crippen LogP contribution in [0.1, 0.15) is 12.2 Å². The molecule has 0 radical (unpaired) electrons. The van der Waals surface area contributed by atoms with Crippen molar-refractivity contribution in [3.63, 3.8) is 0 Å². The van der Waals surface area contributed by atoms with Crippen LogP contribution in [0.15, 0.2) is 18.2 Å². The second-order valence-electron chi connectivity index (χ2n) is 3.04. The fourth-order valence-corrected chi connectivity index (χ4v) is 1.48. The summed E-state index contributed by atoms with van der Waals surface area (Å²) >= 11 is 5.94. The highest BCUT2D eigenvalue weighted by Gasteiger charge is 2.04. The van der Waals surface area contributed by atoms with Crippen LogP contribution in [-0.4, -0.2) is 21.1 Å². The van der Waals surface area contributed by atoms with Gasteiger partial charge >= 0.3 is 0 Å². The molecule has 0 spiro atoms. The zero-order valence-corrected chi connectivity index (χ0v) is 8.41. The molecule has 0 aromatic carbocycles. The minimum atomic E-state index is 0.578. The second-order valence-corrected chi connectivity index (χ2v) is 3.43. The smallest absolute Gasteiger partial charge is 0.157 e. The molecule has 2 N–H and O–H groups in total. The van der Waals surface area contributed by atoms with E-state index in [1.807, 2.05) is 12.1 Å². The van der Waals surface area contributed by atoms with E-state index in [0.29, 0.717) is 11.7 Å². The first-order chi connectivity index (χ1) is 6.81. The Balaban J connectivity index is 2.36. The molecule has 0 fully saturated rings. The van der Waals surface area contributed by atoms with Crippen molar-refractivity contribution in [3.05, 3.63) is 29.2 Å². The van der Waals surface area contributed by atoms with Gasteiger partial charge in [0.2, 0.25) is 0 Å². The molecule has 2 aromatic rings. The molecule has 0 bridgehead atoms. The predicted molar refractivity (Wildman–Crippen MR) is 55.4 cm³/mol. The van der Waals surface area contributed by atoms with E-state index in [9.17, 15) is 0 Å². The number of aromatic nitrogens is 3. The van der Waals surface area contributed by atoms with Crippen LogP contribution < -0.4 is 5.73 Å². The first-order valence-electron chi connectivity index (χ1n) is 4.51. The maximum absolute atomic E-state index is 5.94. The normalized spacial score (nSPS) is 11.0. The first-order valence-corrected chi connectivity index (χ1v) is 4.89. The summed E-state index contributed by atoms with van der Waals surface area (Å²) in [6.45, 7) is 0.656. The SMILES string of the molecule is NCCCc1nc2cccc(Cl)n2n1. The van der Waals surface area contributed by atoms with Crippen molar-refractivity contribution in [2.24, 2.45) is 5.73 Å². The van der Waals surface area contributed by atoms with Crippen LogP contribution >= 0.6 is 11.6 Å². The van der Waals surface area contributed by atoms with Crippen molar-refractivity contribution in [1.29, 1.82) is 0 Å². The lowest BCUT2D eigenvalue weighted by Crippen LogP contribution is -2.01. The van der Waals surface area contributed by atoms with Gasteiger partial charge in [0.05, 0.1) is 0 Å². The van der Waals surface area contributed by atoms with Crippen molar-refractivity contribution in [2.75, 3.05) is 6.54 Å². The summed E-state index contributed by atoms with van der Waals surface area (Å²) in [5, 5.41) is 4.85. The van der Waals surface area contributed by atoms with Gasteiger partial charge in [0.15, 0.2) is 11.5 Å². The van der Waals surface area contributed by atoms with Crippen molar-refractivity contribution < 1.29 is 0 Å². The van der Waals surface area contributed by atoms with E-state index < -0.39 is 0 Å². The third kappa shape index (κ3) is 1.71. The highest BCUT2D eigenvalue weighted by Crippen LogP contribution is 2.11. The van der Waals surface area contributed by atoms with Gasteiger partial charge in [-0.05, 0) is 25.1 Å². The number of fused-ring (bicyclic) bond motifs is 1. The molecular formula is C9H11ClN4. The Bertz CT molecular complexity index is 437. The average Bonchev–Trinajstić information content (AvgIpc) is 2.59. The maximum atomic E-state index is 5.94. The molecule has 2 rings (SSSR count). The largest absolute Gasteiger partial charge is 0.330 e. The van der Waals surface area contributed by atoms with Gasteiger partial charge in [0.1, 0.15) is 5.15 Å². The fraction of sp³-hybridized carbons (Fsp3) is 0.333. The lowest BCUT2D eigenvalue weighted by Gasteiger charge is -1.92. The Morgan fingerprint density at radius 2 is 2.29 bits per heavy atom. The lowest BCUT2D eigenvalue weighted by molar-refractivity contribution is 0.774. The molecule has 0 aliphatic carbocycles. The molecule has 74 valence electrons. The molecule has 0 saturated carbocycles. The van der Waals surface area contributed by atoms with E-state index >= 15 is 0 Å². The molecule has 0 aliphatic rings. The van der Waals surface area contributed by atoms with E-state index in [0.717, 1.165) is 24.3 Å². The van der Waals surface area contributed by atoms with Crippen LogP contribution in [0.4, 0.5) is 0 Å². The summed E-state index contributed by atoms with van der Waals surface area (Å²) in [5.41, 5.74) is 6.19. The zero-order valence-electron chi connectivity index (χ0n) is 7.65. The summed E-state index contributed by atoms with van der Waals surface area (Å²) in [5.74, 6) is 0.795. The standard InChI is InChI=1S/C9H11ClN4/c10-7-3-1-5-9-12-8(4-2-6-11)13-14(7)9/h1,3,5H,2,4,6,11H2. The topological polar surface area (TPSA) is 56.2 Å². The lowest BCUT2D eigenvalue weighted by atomic mass is 10.3. The van der Waals surface area contributed by atoms with E-state index in [4.69, 9.17) is 17.3 Å². The summed E-state index contributed by atoms with van der Waals surface area (Å²) in [6.07, 6.45) is 1.70. The number of rotatable bonds is 3. The molecule has 0 amide bonds. The fourth-order valence-electron chi connectivity index (χ4n) is 1.28. The van der Waals surface area contributed by atoms with Gasteiger partial charge in [-0.3, -0.25) is 0 Å². The van der Waals surface area contributed by atoms with Gasteiger partial charge in [-0.1, -0.05) is 17.7 Å². The Kier molecular flexibility index (Phi) is 2.65. The van der Waals surface area contributed by atoms with Gasteiger partial charge in [-0.2, -0.15) is 0 Å². The van der Waals surface area contributed by atoms with E-state index in [1.165, 1.54) is 0 Å². The summed E-state index contributed by atoms with van der Waals surface area (Å²) < 4.78 is 1.63. The highest BCUT2D eigenvalue weighted by molar-refractivity contribution is 6.29. The van der Waals surface area contributed by atoms with Crippen molar-refractivity contribution in [2.45, 2.75) is 12.8 Å². The maximum Gasteiger partial charge on any atom is 0.157 e. The van der Waals surface area contributed by atoms with Crippen LogP contribution in [0.5, 0.6) is 0 Å². The number of nitrogens with two attached hydrogens (primary N) is 1. The molecule has 4 nitrogen and oxygen atoms in total. The molecule has 2 heterocycles. The van der Waals surface area contributed by atoms with Gasteiger partial charge < -0.3 is 5.73 Å². The summed E-state index contributed by atoms with van der Waals surface area (Å²) in [4.78, 5) is 4.32. The van der Waals surface area contributed by atoms with E-state index in [-0.39, 0.29) is 0 Å². The monoisotopic (exact) mass is 210 g/mol. The van der Waals surface area contributed by atoms with Crippen LogP contribution in [0.25, 0.3) is 5.65 Å². The molecule has 0 saturated heterocycles. The number of hydrogen-bond acceptors (Lipinski definition) is 3. The van der Waals surface area contributed by atoms with Gasteiger partial charge in [-0.15, -0.1) is 5.10 Å². The minimum absolute atomic E-state index is 0.578. The molecule has 14 heavy (non-hydrogen) atoms. The second kappa shape index (κ2) is 3.94. The third-order valence-corrected chi connectivity index (χ3v) is 2.25. The Hall–Kier alpha value is -1.13. The summed E-state index contributed by atoms with van der Waals surface area (Å²) in [7, 11) is 0. The minimum Gasteiger partial charge on any atom is -0.330 e. The molecule has 2 aromatic heterocycles. The van der Waals surface area contributed by atoms with Crippen molar-refractivity contribution >= 4 is 17.2 Å². The summed E-state index contributed by atoms with van der Waals surface area (Å²) in [6, 6.07) is 5.53. The van der Waals surface area contributed by atoms with Crippen LogP contribution in [-0.2, 0) is 6.42 Å². The van der Waals surface area contributed by atoms with Gasteiger partial charge in [0.25, 0.3) is 0 Å². The number of nitrogens with zero attached hydrogens (tertiary/aromatic N) is 3. The third-order valence-electron chi connectivity index (χ3n) is 1.96. The Morgan fingerprint density at radius 3 is 3.00 bits per heavy atom. The van der Waals surface area contributed by atoms with Crippen molar-refractivity contribution in [1.82, 2.24) is 14.6 Å². The van der Waals surface area contributed by atoms with Crippen LogP contribution in [0, 0.1) is 0 Å². The highest BCUT2D eigenvalue weighted by atomic mass is 35.5. The molecular weight excluding hydrogens is 200 g/mol. The first kappa shape index (κ1) is 9.43. The van der Waals surface area contributed by atoms with E-state index in [1.54, 1.807) is 10.6 Å². The zero-order chi connectivity index (χ0) is 9.97. The van der Waals surface area contributed by atoms with Gasteiger partial charge in [0, 0.05) is 6.42 Å². The number of aryl methyl sites for hydroxylation is 1. The Labute approximate surface area is 86.7 Å². The van der Waals surface area contributed by atoms with E-state index in [2.05, 4.69) is 10.1 Å². The van der Waals surface area contributed by atoms with Crippen LogP contribution in [0.2, 0.25) is 5.15 Å². The van der Waals surface area contributed by atoms with Crippen LogP contribution in [0.3, 0.4) is 0 Å². The number of hydrogen-bond donors (Lipinski definition) is 1. The number of pyridine rings is 1. The predicted octanol–water partition coefficient (Wildman–Crippen LogP) is 1.27. The van der Waals surface area contributed by atoms with Crippen molar-refractivity contribution in [3.8, 4) is 0 Å². The molecule has 0 aliphatic heterocycles. The quantitative estimate of drug-likeness (QED) is 0.777. The van der Waals surface area contributed by atoms with Gasteiger partial charge in [-0.25, -0.2) is 9.50 Å². The average molecular weight is 211 g/mol. The molecule has 0 unspecified atom stereocenters. The molecule has 5 heteroatoms. The Morgan fingerprint density at radius 1 is 1.43 bits per heavy atom.